The Kier molecular flexibility index (Phi) is 4.97. The lowest BCUT2D eigenvalue weighted by Crippen LogP contribution is -2.14. The standard InChI is InChI=1S/C13H19NO4/c1-8(15)5-10(14)9-6-11(16-2)13(18-4)12(7-9)17-3/h6-7,10H,5,14H2,1-4H3. The third-order valence-electron chi connectivity index (χ3n) is 2.62. The highest BCUT2D eigenvalue weighted by Crippen LogP contribution is 2.39. The van der Waals surface area contributed by atoms with E-state index < -0.39 is 0 Å². The summed E-state index contributed by atoms with van der Waals surface area (Å²) < 4.78 is 15.7. The van der Waals surface area contributed by atoms with Crippen molar-refractivity contribution in [3.8, 4) is 17.2 Å². The molecule has 0 saturated heterocycles. The summed E-state index contributed by atoms with van der Waals surface area (Å²) >= 11 is 0. The highest BCUT2D eigenvalue weighted by atomic mass is 16.5. The molecule has 5 nitrogen and oxygen atoms in total. The van der Waals surface area contributed by atoms with Crippen LogP contribution in [0.3, 0.4) is 0 Å². The Balaban J connectivity index is 3.18. The maximum Gasteiger partial charge on any atom is 0.203 e. The quantitative estimate of drug-likeness (QED) is 0.835. The number of hydrogen-bond acceptors (Lipinski definition) is 5. The fourth-order valence-electron chi connectivity index (χ4n) is 1.74. The van der Waals surface area contributed by atoms with Gasteiger partial charge in [-0.25, -0.2) is 0 Å². The van der Waals surface area contributed by atoms with Crippen molar-refractivity contribution in [3.63, 3.8) is 0 Å². The Labute approximate surface area is 107 Å². The molecule has 0 heterocycles. The minimum absolute atomic E-state index is 0.0382. The van der Waals surface area contributed by atoms with Crippen LogP contribution in [0.1, 0.15) is 24.9 Å². The molecule has 18 heavy (non-hydrogen) atoms. The van der Waals surface area contributed by atoms with Gasteiger partial charge in [-0.05, 0) is 24.6 Å². The number of nitrogens with two attached hydrogens (primary N) is 1. The molecule has 2 N–H and O–H groups in total. The molecule has 5 heteroatoms. The van der Waals surface area contributed by atoms with E-state index in [4.69, 9.17) is 19.9 Å². The average molecular weight is 253 g/mol. The molecule has 100 valence electrons. The summed E-state index contributed by atoms with van der Waals surface area (Å²) in [4.78, 5) is 11.1. The fraction of sp³-hybridized carbons (Fsp3) is 0.462. The zero-order chi connectivity index (χ0) is 13.7. The highest BCUT2D eigenvalue weighted by molar-refractivity contribution is 5.76. The summed E-state index contributed by atoms with van der Waals surface area (Å²) in [6, 6.07) is 3.14. The minimum Gasteiger partial charge on any atom is -0.493 e. The molecule has 0 aliphatic rings. The maximum atomic E-state index is 11.1. The third-order valence-corrected chi connectivity index (χ3v) is 2.62. The van der Waals surface area contributed by atoms with Crippen LogP contribution < -0.4 is 19.9 Å². The van der Waals surface area contributed by atoms with Crippen molar-refractivity contribution in [1.29, 1.82) is 0 Å². The summed E-state index contributed by atoms with van der Waals surface area (Å²) in [6.07, 6.45) is 0.276. The number of ether oxygens (including phenoxy) is 3. The van der Waals surface area contributed by atoms with Crippen molar-refractivity contribution in [3.05, 3.63) is 17.7 Å². The molecule has 0 radical (unpaired) electrons. The van der Waals surface area contributed by atoms with Crippen molar-refractivity contribution in [2.24, 2.45) is 5.73 Å². The van der Waals surface area contributed by atoms with E-state index >= 15 is 0 Å². The highest BCUT2D eigenvalue weighted by Gasteiger charge is 2.17. The van der Waals surface area contributed by atoms with E-state index in [0.717, 1.165) is 5.56 Å². The predicted molar refractivity (Wildman–Crippen MR) is 68.3 cm³/mol. The van der Waals surface area contributed by atoms with Crippen LogP contribution in [0.5, 0.6) is 17.2 Å². The van der Waals surface area contributed by atoms with Crippen LogP contribution >= 0.6 is 0 Å². The van der Waals surface area contributed by atoms with Crippen molar-refractivity contribution < 1.29 is 19.0 Å². The van der Waals surface area contributed by atoms with Crippen LogP contribution in [0.2, 0.25) is 0 Å². The van der Waals surface area contributed by atoms with E-state index in [2.05, 4.69) is 0 Å². The lowest BCUT2D eigenvalue weighted by molar-refractivity contribution is -0.117. The second kappa shape index (κ2) is 6.26. The zero-order valence-corrected chi connectivity index (χ0v) is 11.1. The Morgan fingerprint density at radius 2 is 1.67 bits per heavy atom. The van der Waals surface area contributed by atoms with Gasteiger partial charge in [-0.1, -0.05) is 0 Å². The molecular weight excluding hydrogens is 234 g/mol. The molecule has 1 rings (SSSR count). The Bertz CT molecular complexity index is 406. The summed E-state index contributed by atoms with van der Waals surface area (Å²) in [5.41, 5.74) is 6.74. The van der Waals surface area contributed by atoms with Gasteiger partial charge < -0.3 is 19.9 Å². The molecule has 0 aromatic heterocycles. The molecule has 0 fully saturated rings. The van der Waals surface area contributed by atoms with Gasteiger partial charge in [0.2, 0.25) is 5.75 Å². The summed E-state index contributed by atoms with van der Waals surface area (Å²) in [5.74, 6) is 1.62. The zero-order valence-electron chi connectivity index (χ0n) is 11.1. The molecule has 1 atom stereocenters. The van der Waals surface area contributed by atoms with Crippen LogP contribution in [0.4, 0.5) is 0 Å². The summed E-state index contributed by atoms with van der Waals surface area (Å²) in [7, 11) is 4.62. The van der Waals surface area contributed by atoms with Gasteiger partial charge in [0.1, 0.15) is 5.78 Å². The van der Waals surface area contributed by atoms with Gasteiger partial charge in [0.25, 0.3) is 0 Å². The first-order chi connectivity index (χ1) is 8.53. The number of benzene rings is 1. The van der Waals surface area contributed by atoms with Gasteiger partial charge in [-0.2, -0.15) is 0 Å². The predicted octanol–water partition coefficient (Wildman–Crippen LogP) is 1.69. The monoisotopic (exact) mass is 253 g/mol. The number of hydrogen-bond donors (Lipinski definition) is 1. The van der Waals surface area contributed by atoms with E-state index in [-0.39, 0.29) is 18.2 Å². The van der Waals surface area contributed by atoms with Crippen molar-refractivity contribution in [2.75, 3.05) is 21.3 Å². The molecular formula is C13H19NO4. The SMILES string of the molecule is COc1cc(C(N)CC(C)=O)cc(OC)c1OC. The minimum atomic E-state index is -0.379. The van der Waals surface area contributed by atoms with E-state index in [1.807, 2.05) is 0 Å². The lowest BCUT2D eigenvalue weighted by atomic mass is 10.0. The molecule has 1 aromatic carbocycles. The molecule has 0 amide bonds. The van der Waals surface area contributed by atoms with Crippen LogP contribution in [-0.4, -0.2) is 27.1 Å². The Morgan fingerprint density at radius 3 is 2.00 bits per heavy atom. The van der Waals surface area contributed by atoms with Gasteiger partial charge >= 0.3 is 0 Å². The van der Waals surface area contributed by atoms with E-state index in [1.54, 1.807) is 12.1 Å². The van der Waals surface area contributed by atoms with Crippen LogP contribution in [0, 0.1) is 0 Å². The van der Waals surface area contributed by atoms with Gasteiger partial charge in [-0.15, -0.1) is 0 Å². The van der Waals surface area contributed by atoms with Gasteiger partial charge in [0.15, 0.2) is 11.5 Å². The number of carbonyl (C=O) groups excluding carboxylic acids is 1. The van der Waals surface area contributed by atoms with Gasteiger partial charge in [0.05, 0.1) is 21.3 Å². The lowest BCUT2D eigenvalue weighted by Gasteiger charge is -2.17. The second-order valence-electron chi connectivity index (χ2n) is 3.97. The van der Waals surface area contributed by atoms with Gasteiger partial charge in [0, 0.05) is 12.5 Å². The normalized spacial score (nSPS) is 11.8. The first-order valence-electron chi connectivity index (χ1n) is 5.58. The topological polar surface area (TPSA) is 70.8 Å². The molecule has 0 spiro atoms. The van der Waals surface area contributed by atoms with Crippen molar-refractivity contribution >= 4 is 5.78 Å². The van der Waals surface area contributed by atoms with Gasteiger partial charge in [-0.3, -0.25) is 4.79 Å². The third kappa shape index (κ3) is 3.13. The number of Topliss-reactive ketones (excluding diaryl/α,β-unsaturated/α-hetero) is 1. The number of carbonyl (C=O) groups is 1. The molecule has 1 aromatic rings. The van der Waals surface area contributed by atoms with Crippen molar-refractivity contribution in [1.82, 2.24) is 0 Å². The molecule has 0 aliphatic heterocycles. The largest absolute Gasteiger partial charge is 0.493 e. The number of ketones is 1. The first-order valence-corrected chi connectivity index (χ1v) is 5.58. The summed E-state index contributed by atoms with van der Waals surface area (Å²) in [6.45, 7) is 1.51. The van der Waals surface area contributed by atoms with Crippen molar-refractivity contribution in [2.45, 2.75) is 19.4 Å². The van der Waals surface area contributed by atoms with Crippen LogP contribution in [-0.2, 0) is 4.79 Å². The first kappa shape index (κ1) is 14.3. The Morgan fingerprint density at radius 1 is 1.17 bits per heavy atom. The Hall–Kier alpha value is -1.75. The second-order valence-corrected chi connectivity index (χ2v) is 3.97. The number of rotatable bonds is 6. The smallest absolute Gasteiger partial charge is 0.203 e. The molecule has 0 aliphatic carbocycles. The summed E-state index contributed by atoms with van der Waals surface area (Å²) in [5, 5.41) is 0. The molecule has 0 bridgehead atoms. The maximum absolute atomic E-state index is 11.1. The van der Waals surface area contributed by atoms with E-state index in [9.17, 15) is 4.79 Å². The van der Waals surface area contributed by atoms with Crippen LogP contribution in [0.15, 0.2) is 12.1 Å². The number of methoxy groups -OCH3 is 3. The van der Waals surface area contributed by atoms with E-state index in [1.165, 1.54) is 28.3 Å². The van der Waals surface area contributed by atoms with E-state index in [0.29, 0.717) is 17.2 Å². The average Bonchev–Trinajstić information content (AvgIpc) is 2.35. The molecule has 0 saturated carbocycles. The fourth-order valence-corrected chi connectivity index (χ4v) is 1.74. The molecule has 1 unspecified atom stereocenters. The van der Waals surface area contributed by atoms with Crippen LogP contribution in [0.25, 0.3) is 0 Å².